The van der Waals surface area contributed by atoms with Crippen molar-refractivity contribution in [1.29, 1.82) is 0 Å². The molecule has 2 aromatic carbocycles. The van der Waals surface area contributed by atoms with E-state index in [2.05, 4.69) is 31.7 Å². The van der Waals surface area contributed by atoms with E-state index in [1.165, 1.54) is 6.33 Å². The Hall–Kier alpha value is -3.85. The summed E-state index contributed by atoms with van der Waals surface area (Å²) in [7, 11) is 0. The molecule has 0 spiro atoms. The van der Waals surface area contributed by atoms with Crippen LogP contribution in [0.5, 0.6) is 0 Å². The van der Waals surface area contributed by atoms with Gasteiger partial charge in [0.15, 0.2) is 11.6 Å². The van der Waals surface area contributed by atoms with Crippen molar-refractivity contribution in [1.82, 2.24) is 20.8 Å². The SMILES string of the molecule is Nc1c(NNC(=O)Cc2ccccc2)ncnc1NNC(=O)c1ccc(Cl)cc1. The zero-order chi connectivity index (χ0) is 20.6. The lowest BCUT2D eigenvalue weighted by Crippen LogP contribution is -2.33. The van der Waals surface area contributed by atoms with Crippen LogP contribution in [0.4, 0.5) is 17.3 Å². The maximum absolute atomic E-state index is 12.1. The van der Waals surface area contributed by atoms with Gasteiger partial charge in [0.1, 0.15) is 12.0 Å². The predicted octanol–water partition coefficient (Wildman–Crippen LogP) is 2.15. The average Bonchev–Trinajstić information content (AvgIpc) is 2.73. The Balaban J connectivity index is 1.56. The molecule has 0 fully saturated rings. The molecule has 148 valence electrons. The Morgan fingerprint density at radius 2 is 1.52 bits per heavy atom. The summed E-state index contributed by atoms with van der Waals surface area (Å²) in [5, 5.41) is 0.527. The van der Waals surface area contributed by atoms with Crippen LogP contribution in [0.3, 0.4) is 0 Å². The molecule has 2 amide bonds. The van der Waals surface area contributed by atoms with Crippen LogP contribution in [0.1, 0.15) is 15.9 Å². The number of nitrogens with one attached hydrogen (secondary N) is 4. The Morgan fingerprint density at radius 3 is 2.17 bits per heavy atom. The van der Waals surface area contributed by atoms with E-state index in [0.717, 1.165) is 5.56 Å². The van der Waals surface area contributed by atoms with Gasteiger partial charge in [-0.3, -0.25) is 31.3 Å². The maximum atomic E-state index is 12.1. The van der Waals surface area contributed by atoms with E-state index in [4.69, 9.17) is 17.3 Å². The Morgan fingerprint density at radius 1 is 0.897 bits per heavy atom. The van der Waals surface area contributed by atoms with Crippen molar-refractivity contribution < 1.29 is 9.59 Å². The highest BCUT2D eigenvalue weighted by Gasteiger charge is 2.11. The predicted molar refractivity (Wildman–Crippen MR) is 111 cm³/mol. The van der Waals surface area contributed by atoms with E-state index in [1.54, 1.807) is 24.3 Å². The average molecular weight is 412 g/mol. The van der Waals surface area contributed by atoms with Gasteiger partial charge in [-0.15, -0.1) is 0 Å². The third kappa shape index (κ3) is 5.56. The van der Waals surface area contributed by atoms with Gasteiger partial charge in [0.2, 0.25) is 5.91 Å². The fraction of sp³-hybridized carbons (Fsp3) is 0.0526. The molecule has 10 heteroatoms. The van der Waals surface area contributed by atoms with Gasteiger partial charge in [-0.1, -0.05) is 41.9 Å². The van der Waals surface area contributed by atoms with Crippen LogP contribution in [-0.2, 0) is 11.2 Å². The number of hydrogen-bond acceptors (Lipinski definition) is 7. The van der Waals surface area contributed by atoms with E-state index in [9.17, 15) is 9.59 Å². The number of amides is 2. The van der Waals surface area contributed by atoms with Crippen LogP contribution in [-0.4, -0.2) is 21.8 Å². The standard InChI is InChI=1S/C19H18ClN7O2/c20-14-8-6-13(7-9-14)19(29)27-26-18-16(21)17(22-11-23-18)25-24-15(28)10-12-4-2-1-3-5-12/h1-9,11H,10,21H2,(H,24,28)(H,27,29)(H2,22,23,25,26). The molecule has 1 aromatic heterocycles. The fourth-order valence-corrected chi connectivity index (χ4v) is 2.46. The number of nitrogens with zero attached hydrogens (tertiary/aromatic N) is 2. The summed E-state index contributed by atoms with van der Waals surface area (Å²) >= 11 is 5.81. The molecule has 0 aliphatic heterocycles. The molecule has 6 N–H and O–H groups in total. The van der Waals surface area contributed by atoms with Gasteiger partial charge in [0.05, 0.1) is 6.42 Å². The molecular formula is C19H18ClN7O2. The number of halogens is 1. The smallest absolute Gasteiger partial charge is 0.269 e. The van der Waals surface area contributed by atoms with E-state index < -0.39 is 5.91 Å². The zero-order valence-electron chi connectivity index (χ0n) is 15.1. The fourth-order valence-electron chi connectivity index (χ4n) is 2.34. The van der Waals surface area contributed by atoms with Crippen molar-refractivity contribution in [3.8, 4) is 0 Å². The van der Waals surface area contributed by atoms with Crippen LogP contribution in [0.25, 0.3) is 0 Å². The molecule has 9 nitrogen and oxygen atoms in total. The first-order valence-corrected chi connectivity index (χ1v) is 8.92. The van der Waals surface area contributed by atoms with Crippen molar-refractivity contribution >= 4 is 40.7 Å². The summed E-state index contributed by atoms with van der Waals surface area (Å²) in [4.78, 5) is 32.1. The van der Waals surface area contributed by atoms with E-state index >= 15 is 0 Å². The maximum Gasteiger partial charge on any atom is 0.269 e. The Labute approximate surface area is 171 Å². The number of aromatic nitrogens is 2. The summed E-state index contributed by atoms with van der Waals surface area (Å²) in [6, 6.07) is 15.7. The number of carbonyl (C=O) groups excluding carboxylic acids is 2. The highest BCUT2D eigenvalue weighted by Crippen LogP contribution is 2.21. The minimum Gasteiger partial charge on any atom is -0.393 e. The first kappa shape index (κ1) is 19.9. The van der Waals surface area contributed by atoms with Crippen molar-refractivity contribution in [2.45, 2.75) is 6.42 Å². The molecule has 29 heavy (non-hydrogen) atoms. The molecule has 3 aromatic rings. The number of nitrogen functional groups attached to an aromatic ring is 1. The molecule has 0 saturated carbocycles. The van der Waals surface area contributed by atoms with Gasteiger partial charge < -0.3 is 5.73 Å². The number of hydrogen-bond donors (Lipinski definition) is 5. The highest BCUT2D eigenvalue weighted by molar-refractivity contribution is 6.30. The van der Waals surface area contributed by atoms with Gasteiger partial charge >= 0.3 is 0 Å². The number of anilines is 3. The first-order chi connectivity index (χ1) is 14.0. The van der Waals surface area contributed by atoms with Crippen LogP contribution in [0.15, 0.2) is 60.9 Å². The van der Waals surface area contributed by atoms with E-state index in [1.807, 2.05) is 30.3 Å². The largest absolute Gasteiger partial charge is 0.393 e. The lowest BCUT2D eigenvalue weighted by atomic mass is 10.1. The molecule has 0 unspecified atom stereocenters. The molecule has 0 aliphatic carbocycles. The summed E-state index contributed by atoms with van der Waals surface area (Å²) < 4.78 is 0. The summed E-state index contributed by atoms with van der Waals surface area (Å²) in [6.45, 7) is 0. The van der Waals surface area contributed by atoms with Crippen LogP contribution in [0.2, 0.25) is 5.02 Å². The topological polar surface area (TPSA) is 134 Å². The third-order valence-corrected chi connectivity index (χ3v) is 4.06. The molecule has 0 saturated heterocycles. The van der Waals surface area contributed by atoms with Crippen LogP contribution >= 0.6 is 11.6 Å². The summed E-state index contributed by atoms with van der Waals surface area (Å²) in [6.07, 6.45) is 1.43. The number of hydrazine groups is 2. The van der Waals surface area contributed by atoms with Crippen LogP contribution < -0.4 is 27.4 Å². The molecule has 0 bridgehead atoms. The molecule has 0 aliphatic rings. The van der Waals surface area contributed by atoms with Gasteiger partial charge in [-0.2, -0.15) is 0 Å². The molecular weight excluding hydrogens is 394 g/mol. The second-order valence-electron chi connectivity index (χ2n) is 5.91. The minimum atomic E-state index is -0.398. The van der Waals surface area contributed by atoms with Crippen molar-refractivity contribution in [3.05, 3.63) is 77.1 Å². The minimum absolute atomic E-state index is 0.115. The first-order valence-electron chi connectivity index (χ1n) is 8.54. The third-order valence-electron chi connectivity index (χ3n) is 3.81. The second-order valence-corrected chi connectivity index (χ2v) is 6.34. The number of rotatable bonds is 7. The van der Waals surface area contributed by atoms with Gasteiger partial charge in [-0.25, -0.2) is 9.97 Å². The van der Waals surface area contributed by atoms with E-state index in [-0.39, 0.29) is 29.7 Å². The monoisotopic (exact) mass is 411 g/mol. The van der Waals surface area contributed by atoms with Crippen molar-refractivity contribution in [2.24, 2.45) is 0 Å². The lowest BCUT2D eigenvalue weighted by molar-refractivity contribution is -0.119. The molecule has 0 radical (unpaired) electrons. The van der Waals surface area contributed by atoms with E-state index in [0.29, 0.717) is 10.6 Å². The van der Waals surface area contributed by atoms with Crippen LogP contribution in [0, 0.1) is 0 Å². The van der Waals surface area contributed by atoms with Gasteiger partial charge in [0.25, 0.3) is 5.91 Å². The van der Waals surface area contributed by atoms with Gasteiger partial charge in [-0.05, 0) is 29.8 Å². The second kappa shape index (κ2) is 9.38. The Bertz CT molecular complexity index is 997. The Kier molecular flexibility index (Phi) is 6.43. The quantitative estimate of drug-likeness (QED) is 0.376. The summed E-state index contributed by atoms with van der Waals surface area (Å²) in [5.74, 6) is -0.308. The normalized spacial score (nSPS) is 10.1. The molecule has 0 atom stereocenters. The molecule has 3 rings (SSSR count). The van der Waals surface area contributed by atoms with Crippen molar-refractivity contribution in [2.75, 3.05) is 16.6 Å². The zero-order valence-corrected chi connectivity index (χ0v) is 15.9. The highest BCUT2D eigenvalue weighted by atomic mass is 35.5. The van der Waals surface area contributed by atoms with Gasteiger partial charge in [0, 0.05) is 10.6 Å². The lowest BCUT2D eigenvalue weighted by Gasteiger charge is -2.13. The number of nitrogens with two attached hydrogens (primary N) is 1. The number of carbonyl (C=O) groups is 2. The molecule has 1 heterocycles. The van der Waals surface area contributed by atoms with Crippen molar-refractivity contribution in [3.63, 3.8) is 0 Å². The summed E-state index contributed by atoms with van der Waals surface area (Å²) in [5.41, 5.74) is 17.7. The number of benzene rings is 2.